The van der Waals surface area contributed by atoms with Crippen molar-refractivity contribution in [1.29, 1.82) is 0 Å². The molecule has 0 bridgehead atoms. The first-order valence-corrected chi connectivity index (χ1v) is 6.04. The van der Waals surface area contributed by atoms with Crippen LogP contribution in [-0.2, 0) is 4.74 Å². The molecule has 1 heterocycles. The van der Waals surface area contributed by atoms with Gasteiger partial charge in [0.1, 0.15) is 0 Å². The molecule has 2 rings (SSSR count). The van der Waals surface area contributed by atoms with Crippen molar-refractivity contribution in [2.45, 2.75) is 12.3 Å². The monoisotopic (exact) mass is 272 g/mol. The zero-order valence-electron chi connectivity index (χ0n) is 10.3. The van der Waals surface area contributed by atoms with Crippen LogP contribution >= 0.6 is 0 Å². The van der Waals surface area contributed by atoms with Crippen LogP contribution < -0.4 is 0 Å². The highest BCUT2D eigenvalue weighted by molar-refractivity contribution is 5.79. The summed E-state index contributed by atoms with van der Waals surface area (Å²) in [5.41, 5.74) is 0.657. The van der Waals surface area contributed by atoms with E-state index in [1.54, 1.807) is 30.3 Å². The fourth-order valence-electron chi connectivity index (χ4n) is 1.90. The lowest BCUT2D eigenvalue weighted by Gasteiger charge is -2.32. The molecule has 0 N–H and O–H groups in total. The summed E-state index contributed by atoms with van der Waals surface area (Å²) in [6.07, 6.45) is -4.90. The molecule has 1 fully saturated rings. The molecule has 0 radical (unpaired) electrons. The van der Waals surface area contributed by atoms with Crippen molar-refractivity contribution >= 4 is 6.21 Å². The third-order valence-corrected chi connectivity index (χ3v) is 2.85. The van der Waals surface area contributed by atoms with E-state index in [-0.39, 0.29) is 13.1 Å². The van der Waals surface area contributed by atoms with E-state index in [0.717, 1.165) is 0 Å². The predicted octanol–water partition coefficient (Wildman–Crippen LogP) is 2.33. The minimum atomic E-state index is -4.37. The van der Waals surface area contributed by atoms with Gasteiger partial charge in [0.15, 0.2) is 6.17 Å². The molecule has 1 aliphatic rings. The molecule has 1 atom stereocenters. The van der Waals surface area contributed by atoms with Crippen LogP contribution in [0.1, 0.15) is 5.56 Å². The summed E-state index contributed by atoms with van der Waals surface area (Å²) in [6.45, 7) is 1.12. The third kappa shape index (κ3) is 4.04. The van der Waals surface area contributed by atoms with E-state index in [0.29, 0.717) is 18.8 Å². The fourth-order valence-corrected chi connectivity index (χ4v) is 1.90. The zero-order chi connectivity index (χ0) is 13.7. The summed E-state index contributed by atoms with van der Waals surface area (Å²) in [6, 6.07) is 8.77. The molecule has 19 heavy (non-hydrogen) atoms. The molecule has 0 amide bonds. The normalized spacial score (nSPS) is 19.7. The molecule has 1 saturated heterocycles. The largest absolute Gasteiger partial charge is 0.424 e. The van der Waals surface area contributed by atoms with Crippen LogP contribution in [0.5, 0.6) is 0 Å². The van der Waals surface area contributed by atoms with Gasteiger partial charge in [-0.2, -0.15) is 13.2 Å². The van der Waals surface area contributed by atoms with Crippen LogP contribution in [-0.4, -0.2) is 49.8 Å². The number of benzene rings is 1. The van der Waals surface area contributed by atoms with Gasteiger partial charge < -0.3 is 4.74 Å². The number of halogens is 3. The van der Waals surface area contributed by atoms with Crippen molar-refractivity contribution < 1.29 is 17.9 Å². The average Bonchev–Trinajstić information content (AvgIpc) is 2.40. The highest BCUT2D eigenvalue weighted by Crippen LogP contribution is 2.26. The summed E-state index contributed by atoms with van der Waals surface area (Å²) in [5.74, 6) is 0. The molecular weight excluding hydrogens is 257 g/mol. The fraction of sp³-hybridized carbons (Fsp3) is 0.462. The van der Waals surface area contributed by atoms with Gasteiger partial charge >= 0.3 is 6.18 Å². The molecule has 1 aliphatic heterocycles. The molecule has 6 heteroatoms. The van der Waals surface area contributed by atoms with Crippen molar-refractivity contribution in [1.82, 2.24) is 4.90 Å². The highest BCUT2D eigenvalue weighted by atomic mass is 19.4. The molecule has 1 aromatic rings. The summed E-state index contributed by atoms with van der Waals surface area (Å²) >= 11 is 0. The summed E-state index contributed by atoms with van der Waals surface area (Å²) in [5, 5.41) is 0. The average molecular weight is 272 g/mol. The minimum Gasteiger partial charge on any atom is -0.379 e. The van der Waals surface area contributed by atoms with Crippen LogP contribution in [0.4, 0.5) is 13.2 Å². The van der Waals surface area contributed by atoms with E-state index in [1.807, 2.05) is 0 Å². The van der Waals surface area contributed by atoms with E-state index in [2.05, 4.69) is 4.99 Å². The molecule has 0 aliphatic carbocycles. The number of rotatable bonds is 3. The number of ether oxygens (including phenoxy) is 1. The Morgan fingerprint density at radius 3 is 2.37 bits per heavy atom. The van der Waals surface area contributed by atoms with Gasteiger partial charge in [-0.25, -0.2) is 0 Å². The Hall–Kier alpha value is -1.40. The Bertz CT molecular complexity index is 414. The van der Waals surface area contributed by atoms with Crippen molar-refractivity contribution in [3.05, 3.63) is 35.9 Å². The lowest BCUT2D eigenvalue weighted by molar-refractivity contribution is -0.189. The number of hydrogen-bond acceptors (Lipinski definition) is 3. The maximum Gasteiger partial charge on any atom is 0.424 e. The number of alkyl halides is 3. The second-order valence-electron chi connectivity index (χ2n) is 4.25. The van der Waals surface area contributed by atoms with Crippen LogP contribution in [0.25, 0.3) is 0 Å². The summed E-state index contributed by atoms with van der Waals surface area (Å²) < 4.78 is 44.1. The van der Waals surface area contributed by atoms with Crippen LogP contribution in [0, 0.1) is 0 Å². The molecule has 0 saturated carbocycles. The van der Waals surface area contributed by atoms with Crippen LogP contribution in [0.2, 0.25) is 0 Å². The number of morpholine rings is 1. The quantitative estimate of drug-likeness (QED) is 0.789. The van der Waals surface area contributed by atoms with Crippen molar-refractivity contribution in [2.24, 2.45) is 4.99 Å². The SMILES string of the molecule is FC(F)(F)C(/N=C/c1ccccc1)N1CCOCC1. The van der Waals surface area contributed by atoms with E-state index in [9.17, 15) is 13.2 Å². The number of nitrogens with zero attached hydrogens (tertiary/aromatic N) is 2. The Morgan fingerprint density at radius 2 is 1.79 bits per heavy atom. The van der Waals surface area contributed by atoms with Gasteiger partial charge in [-0.15, -0.1) is 0 Å². The molecular formula is C13H15F3N2O. The second kappa shape index (κ2) is 6.16. The van der Waals surface area contributed by atoms with Gasteiger partial charge in [-0.3, -0.25) is 9.89 Å². The molecule has 3 nitrogen and oxygen atoms in total. The maximum atomic E-state index is 13.0. The zero-order valence-corrected chi connectivity index (χ0v) is 10.3. The second-order valence-corrected chi connectivity index (χ2v) is 4.25. The van der Waals surface area contributed by atoms with E-state index < -0.39 is 12.3 Å². The molecule has 0 spiro atoms. The van der Waals surface area contributed by atoms with E-state index in [1.165, 1.54) is 11.1 Å². The molecule has 1 unspecified atom stereocenters. The van der Waals surface area contributed by atoms with Gasteiger partial charge in [0.25, 0.3) is 0 Å². The van der Waals surface area contributed by atoms with Gasteiger partial charge in [-0.05, 0) is 5.56 Å². The van der Waals surface area contributed by atoms with Crippen molar-refractivity contribution in [3.63, 3.8) is 0 Å². The van der Waals surface area contributed by atoms with Gasteiger partial charge in [0.2, 0.25) is 0 Å². The smallest absolute Gasteiger partial charge is 0.379 e. The van der Waals surface area contributed by atoms with Crippen molar-refractivity contribution in [3.8, 4) is 0 Å². The lowest BCUT2D eigenvalue weighted by Crippen LogP contribution is -2.49. The van der Waals surface area contributed by atoms with Crippen LogP contribution in [0.3, 0.4) is 0 Å². The Kier molecular flexibility index (Phi) is 4.55. The predicted molar refractivity (Wildman–Crippen MR) is 66.3 cm³/mol. The lowest BCUT2D eigenvalue weighted by atomic mass is 10.2. The van der Waals surface area contributed by atoms with E-state index in [4.69, 9.17) is 4.74 Å². The number of aliphatic imine (C=N–C) groups is 1. The topological polar surface area (TPSA) is 24.8 Å². The van der Waals surface area contributed by atoms with Gasteiger partial charge in [-0.1, -0.05) is 30.3 Å². The third-order valence-electron chi connectivity index (χ3n) is 2.85. The van der Waals surface area contributed by atoms with Gasteiger partial charge in [0.05, 0.1) is 13.2 Å². The van der Waals surface area contributed by atoms with Gasteiger partial charge in [0, 0.05) is 19.3 Å². The Labute approximate surface area is 109 Å². The molecule has 0 aromatic heterocycles. The Balaban J connectivity index is 2.12. The highest BCUT2D eigenvalue weighted by Gasteiger charge is 2.43. The number of hydrogen-bond donors (Lipinski definition) is 0. The van der Waals surface area contributed by atoms with E-state index >= 15 is 0 Å². The molecule has 1 aromatic carbocycles. The minimum absolute atomic E-state index is 0.246. The standard InChI is InChI=1S/C13H15F3N2O/c14-13(15,16)12(18-6-8-19-9-7-18)17-10-11-4-2-1-3-5-11/h1-5,10,12H,6-9H2/b17-10+. The van der Waals surface area contributed by atoms with Crippen molar-refractivity contribution in [2.75, 3.05) is 26.3 Å². The first kappa shape index (κ1) is 14.0. The first-order chi connectivity index (χ1) is 9.07. The summed E-state index contributed by atoms with van der Waals surface area (Å²) in [7, 11) is 0. The maximum absolute atomic E-state index is 13.0. The summed E-state index contributed by atoms with van der Waals surface area (Å²) in [4.78, 5) is 5.00. The molecule has 104 valence electrons. The Morgan fingerprint density at radius 1 is 1.16 bits per heavy atom. The first-order valence-electron chi connectivity index (χ1n) is 6.04. The van der Waals surface area contributed by atoms with Crippen LogP contribution in [0.15, 0.2) is 35.3 Å².